The molecule has 3 aliphatic rings. The average Bonchev–Trinajstić information content (AvgIpc) is 2.65. The first-order valence-corrected chi connectivity index (χ1v) is 6.16. The number of ether oxygens (including phenoxy) is 1. The first kappa shape index (κ1) is 11.0. The molecule has 0 saturated carbocycles. The van der Waals surface area contributed by atoms with E-state index in [2.05, 4.69) is 19.9 Å². The summed E-state index contributed by atoms with van der Waals surface area (Å²) < 4.78 is 5.10. The fraction of sp³-hybridized carbons (Fsp3) is 0.643. The molecule has 0 aromatic heterocycles. The summed E-state index contributed by atoms with van der Waals surface area (Å²) in [6.45, 7) is 6.40. The predicted molar refractivity (Wildman–Crippen MR) is 63.2 cm³/mol. The quantitative estimate of drug-likeness (QED) is 0.652. The van der Waals surface area contributed by atoms with Crippen molar-refractivity contribution in [3.05, 3.63) is 22.8 Å². The second kappa shape index (κ2) is 3.02. The molecule has 1 heterocycles. The molecule has 0 aromatic rings. The Morgan fingerprint density at radius 3 is 2.76 bits per heavy atom. The molecule has 92 valence electrons. The Bertz CT molecular complexity index is 466. The van der Waals surface area contributed by atoms with E-state index in [0.29, 0.717) is 17.9 Å². The van der Waals surface area contributed by atoms with Crippen LogP contribution in [-0.4, -0.2) is 23.3 Å². The number of allylic oxidation sites excluding steroid dienone is 1. The molecule has 0 radical (unpaired) electrons. The van der Waals surface area contributed by atoms with Gasteiger partial charge in [-0.3, -0.25) is 0 Å². The van der Waals surface area contributed by atoms with Crippen LogP contribution in [0.5, 0.6) is 0 Å². The molecule has 3 rings (SSSR count). The monoisotopic (exact) mass is 234 g/mol. The van der Waals surface area contributed by atoms with Crippen molar-refractivity contribution in [3.8, 4) is 0 Å². The summed E-state index contributed by atoms with van der Waals surface area (Å²) in [5.74, 6) is 0.0401. The summed E-state index contributed by atoms with van der Waals surface area (Å²) in [5, 5.41) is 10.5. The summed E-state index contributed by atoms with van der Waals surface area (Å²) in [7, 11) is 0. The molecule has 0 bridgehead atoms. The van der Waals surface area contributed by atoms with Crippen LogP contribution < -0.4 is 0 Å². The Hall–Kier alpha value is -1.09. The van der Waals surface area contributed by atoms with Crippen LogP contribution in [0.4, 0.5) is 0 Å². The van der Waals surface area contributed by atoms with Crippen LogP contribution in [-0.2, 0) is 9.53 Å². The van der Waals surface area contributed by atoms with E-state index < -0.39 is 5.60 Å². The number of hydrogen-bond donors (Lipinski definition) is 1. The van der Waals surface area contributed by atoms with Gasteiger partial charge in [-0.15, -0.1) is 0 Å². The molecule has 0 unspecified atom stereocenters. The van der Waals surface area contributed by atoms with Gasteiger partial charge in [0.1, 0.15) is 6.61 Å². The average molecular weight is 234 g/mol. The summed E-state index contributed by atoms with van der Waals surface area (Å²) in [6.07, 6.45) is 3.90. The van der Waals surface area contributed by atoms with Gasteiger partial charge < -0.3 is 9.84 Å². The molecule has 0 aromatic carbocycles. The van der Waals surface area contributed by atoms with Crippen LogP contribution in [0.1, 0.15) is 33.6 Å². The smallest absolute Gasteiger partial charge is 0.338 e. The fourth-order valence-electron chi connectivity index (χ4n) is 3.53. The van der Waals surface area contributed by atoms with Crippen molar-refractivity contribution in [2.75, 3.05) is 6.61 Å². The highest BCUT2D eigenvalue weighted by Crippen LogP contribution is 2.52. The second-order valence-electron chi connectivity index (χ2n) is 6.40. The Morgan fingerprint density at radius 1 is 1.35 bits per heavy atom. The van der Waals surface area contributed by atoms with Crippen LogP contribution in [0.25, 0.3) is 0 Å². The number of carbonyl (C=O) groups is 1. The molecule has 17 heavy (non-hydrogen) atoms. The molecule has 3 heteroatoms. The van der Waals surface area contributed by atoms with Crippen molar-refractivity contribution in [3.63, 3.8) is 0 Å². The first-order valence-electron chi connectivity index (χ1n) is 6.16. The minimum Gasteiger partial charge on any atom is -0.457 e. The third-order valence-electron chi connectivity index (χ3n) is 4.19. The van der Waals surface area contributed by atoms with E-state index in [0.717, 1.165) is 17.6 Å². The topological polar surface area (TPSA) is 46.5 Å². The largest absolute Gasteiger partial charge is 0.457 e. The van der Waals surface area contributed by atoms with E-state index in [9.17, 15) is 9.90 Å². The Labute approximate surface area is 101 Å². The van der Waals surface area contributed by atoms with E-state index in [1.54, 1.807) is 6.92 Å². The van der Waals surface area contributed by atoms with Crippen LogP contribution in [0.15, 0.2) is 22.8 Å². The molecule has 0 spiro atoms. The van der Waals surface area contributed by atoms with Gasteiger partial charge in [0.2, 0.25) is 0 Å². The van der Waals surface area contributed by atoms with Crippen molar-refractivity contribution in [1.82, 2.24) is 0 Å². The van der Waals surface area contributed by atoms with Gasteiger partial charge in [0.25, 0.3) is 0 Å². The summed E-state index contributed by atoms with van der Waals surface area (Å²) in [4.78, 5) is 11.8. The third-order valence-corrected chi connectivity index (χ3v) is 4.19. The van der Waals surface area contributed by atoms with Gasteiger partial charge in [-0.1, -0.05) is 19.9 Å². The SMILES string of the molecule is CC1(C)C=C2C3=C(COC3=O)[C@@](C)(O)C[C@H]2C1. The number of hydrogen-bond acceptors (Lipinski definition) is 3. The van der Waals surface area contributed by atoms with E-state index in [-0.39, 0.29) is 18.0 Å². The fourth-order valence-corrected chi connectivity index (χ4v) is 3.53. The first-order chi connectivity index (χ1) is 7.80. The van der Waals surface area contributed by atoms with Gasteiger partial charge in [0.15, 0.2) is 0 Å². The van der Waals surface area contributed by atoms with E-state index in [1.807, 2.05) is 0 Å². The molecule has 0 saturated heterocycles. The number of aliphatic hydroxyl groups is 1. The van der Waals surface area contributed by atoms with Gasteiger partial charge in [0, 0.05) is 5.57 Å². The zero-order valence-electron chi connectivity index (χ0n) is 10.5. The highest BCUT2D eigenvalue weighted by atomic mass is 16.5. The third kappa shape index (κ3) is 1.48. The minimum atomic E-state index is -0.885. The second-order valence-corrected chi connectivity index (χ2v) is 6.40. The van der Waals surface area contributed by atoms with Gasteiger partial charge in [-0.05, 0) is 36.7 Å². The zero-order valence-corrected chi connectivity index (χ0v) is 10.5. The minimum absolute atomic E-state index is 0.112. The van der Waals surface area contributed by atoms with Crippen LogP contribution in [0.2, 0.25) is 0 Å². The molecule has 1 N–H and O–H groups in total. The van der Waals surface area contributed by atoms with Crippen molar-refractivity contribution < 1.29 is 14.6 Å². The number of carbonyl (C=O) groups excluding carboxylic acids is 1. The molecular weight excluding hydrogens is 216 g/mol. The standard InChI is InChI=1S/C14H18O3/c1-13(2)4-8-5-14(3,16)10-7-17-12(15)11(10)9(8)6-13/h6,8,16H,4-5,7H2,1-3H3/t8-,14+/m1/s1. The lowest BCUT2D eigenvalue weighted by molar-refractivity contribution is -0.135. The number of esters is 1. The van der Waals surface area contributed by atoms with E-state index in [4.69, 9.17) is 4.74 Å². The molecule has 2 atom stereocenters. The lowest BCUT2D eigenvalue weighted by Crippen LogP contribution is -2.36. The van der Waals surface area contributed by atoms with Crippen LogP contribution in [0, 0.1) is 11.3 Å². The maximum Gasteiger partial charge on any atom is 0.338 e. The van der Waals surface area contributed by atoms with Gasteiger partial charge in [0.05, 0.1) is 11.2 Å². The maximum atomic E-state index is 11.8. The van der Waals surface area contributed by atoms with Crippen LogP contribution >= 0.6 is 0 Å². The lowest BCUT2D eigenvalue weighted by Gasteiger charge is -2.34. The maximum absolute atomic E-state index is 11.8. The molecule has 1 aliphatic heterocycles. The van der Waals surface area contributed by atoms with Gasteiger partial charge >= 0.3 is 5.97 Å². The van der Waals surface area contributed by atoms with Crippen molar-refractivity contribution in [2.24, 2.45) is 11.3 Å². The normalized spacial score (nSPS) is 38.7. The van der Waals surface area contributed by atoms with E-state index >= 15 is 0 Å². The Balaban J connectivity index is 2.15. The predicted octanol–water partition coefficient (Wildman–Crippen LogP) is 1.97. The molecular formula is C14H18O3. The number of fused-ring (bicyclic) bond motifs is 2. The van der Waals surface area contributed by atoms with Crippen LogP contribution in [0.3, 0.4) is 0 Å². The Morgan fingerprint density at radius 2 is 2.06 bits per heavy atom. The van der Waals surface area contributed by atoms with E-state index in [1.165, 1.54) is 0 Å². The summed E-state index contributed by atoms with van der Waals surface area (Å²) in [6, 6.07) is 0. The number of cyclic esters (lactones) is 1. The van der Waals surface area contributed by atoms with Crippen molar-refractivity contribution >= 4 is 5.97 Å². The molecule has 3 nitrogen and oxygen atoms in total. The zero-order chi connectivity index (χ0) is 12.4. The van der Waals surface area contributed by atoms with Crippen molar-refractivity contribution in [2.45, 2.75) is 39.2 Å². The van der Waals surface area contributed by atoms with Crippen molar-refractivity contribution in [1.29, 1.82) is 0 Å². The molecule has 2 aliphatic carbocycles. The Kier molecular flexibility index (Phi) is 1.96. The summed E-state index contributed by atoms with van der Waals surface area (Å²) >= 11 is 0. The highest BCUT2D eigenvalue weighted by Gasteiger charge is 2.49. The lowest BCUT2D eigenvalue weighted by atomic mass is 9.73. The highest BCUT2D eigenvalue weighted by molar-refractivity contribution is 5.98. The van der Waals surface area contributed by atoms with Gasteiger partial charge in [-0.25, -0.2) is 4.79 Å². The number of rotatable bonds is 0. The summed E-state index contributed by atoms with van der Waals surface area (Å²) in [5.41, 5.74) is 1.78. The molecule has 0 fully saturated rings. The van der Waals surface area contributed by atoms with Gasteiger partial charge in [-0.2, -0.15) is 0 Å². The molecule has 0 amide bonds.